The highest BCUT2D eigenvalue weighted by Crippen LogP contribution is 2.57. The van der Waals surface area contributed by atoms with Crippen molar-refractivity contribution in [3.63, 3.8) is 0 Å². The number of nitrogen functional groups attached to an aromatic ring is 1. The molecule has 29 heavy (non-hydrogen) atoms. The normalized spacial score (nSPS) is 14.0. The number of phosphoric ester groups is 1. The maximum Gasteiger partial charge on any atom is 0.481 e. The van der Waals surface area contributed by atoms with E-state index in [0.29, 0.717) is 22.0 Å². The number of carbonyl (C=O) groups is 1. The minimum atomic E-state index is -5.21. The number of thiazole rings is 1. The van der Waals surface area contributed by atoms with Gasteiger partial charge in [-0.2, -0.15) is 8.88 Å². The number of nitrogens with two attached hydrogens (primary N) is 1. The summed E-state index contributed by atoms with van der Waals surface area (Å²) in [5.41, 5.74) is 6.92. The molecule has 16 heteroatoms. The van der Waals surface area contributed by atoms with Gasteiger partial charge in [0.05, 0.1) is 17.0 Å². The summed E-state index contributed by atoms with van der Waals surface area (Å²) < 4.78 is 31.8. The van der Waals surface area contributed by atoms with Crippen molar-refractivity contribution >= 4 is 38.8 Å². The van der Waals surface area contributed by atoms with Crippen molar-refractivity contribution < 1.29 is 47.1 Å². The Hall–Kier alpha value is -1.76. The van der Waals surface area contributed by atoms with E-state index >= 15 is 0 Å². The zero-order valence-electron chi connectivity index (χ0n) is 15.3. The van der Waals surface area contributed by atoms with E-state index in [1.165, 1.54) is 10.8 Å². The van der Waals surface area contributed by atoms with Gasteiger partial charge in [-0.15, -0.1) is 0 Å². The molecule has 6 N–H and O–H groups in total. The Labute approximate surface area is 168 Å². The molecule has 0 aromatic carbocycles. The number of hydrogen-bond acceptors (Lipinski definition) is 9. The number of anilines is 1. The first-order chi connectivity index (χ1) is 13.3. The molecule has 0 aliphatic heterocycles. The quantitative estimate of drug-likeness (QED) is 0.252. The Morgan fingerprint density at radius 3 is 2.52 bits per heavy atom. The third-order valence-electron chi connectivity index (χ3n) is 3.60. The number of aromatic carboxylic acids is 1. The number of phosphoric acid groups is 2. The van der Waals surface area contributed by atoms with Gasteiger partial charge in [-0.3, -0.25) is 4.52 Å². The monoisotopic (exact) mass is 469 g/mol. The van der Waals surface area contributed by atoms with Crippen LogP contribution in [0, 0.1) is 13.8 Å². The van der Waals surface area contributed by atoms with Crippen LogP contribution in [0.4, 0.5) is 5.82 Å². The largest absolute Gasteiger partial charge is 0.481 e. The average molecular weight is 469 g/mol. The Balaban J connectivity index is 2.20. The van der Waals surface area contributed by atoms with Gasteiger partial charge in [0.2, 0.25) is 0 Å². The van der Waals surface area contributed by atoms with Crippen LogP contribution in [0.2, 0.25) is 0 Å². The van der Waals surface area contributed by atoms with Crippen molar-refractivity contribution in [3.05, 3.63) is 33.2 Å². The topological polar surface area (TPSA) is 206 Å². The van der Waals surface area contributed by atoms with Crippen LogP contribution in [-0.2, 0) is 30.9 Å². The Bertz CT molecular complexity index is 1020. The number of hydrogen-bond donors (Lipinski definition) is 5. The minimum Gasteiger partial charge on any atom is -0.473 e. The summed E-state index contributed by atoms with van der Waals surface area (Å²) in [7, 11) is -10.2. The van der Waals surface area contributed by atoms with Crippen LogP contribution in [0.25, 0.3) is 0 Å². The standard InChI is InChI=1S/C13H18N4O9P2S/c1-7-10(3-4-25-28(23,24)26-27(20,21)22)29-12(13(18)19)17(7)6-9-5-15-8(2)16-11(9)14/h5H,3-4,6H2,1-2H3,(H5-,14,15,16,18,19,20,21,22,23,24)/p+1. The van der Waals surface area contributed by atoms with Crippen LogP contribution in [0.15, 0.2) is 6.20 Å². The SMILES string of the molecule is Cc1ncc(C[n+]2c(C(=O)O)sc(CCOP(=O)(O)OP(=O)(O)O)c2C)c(N)n1. The van der Waals surface area contributed by atoms with E-state index in [1.54, 1.807) is 13.8 Å². The molecule has 0 bridgehead atoms. The molecule has 13 nitrogen and oxygen atoms in total. The third-order valence-corrected chi connectivity index (χ3v) is 7.12. The number of rotatable bonds is 9. The second-order valence-electron chi connectivity index (χ2n) is 5.76. The van der Waals surface area contributed by atoms with E-state index in [-0.39, 0.29) is 23.8 Å². The summed E-state index contributed by atoms with van der Waals surface area (Å²) in [5.74, 6) is -0.497. The zero-order chi connectivity index (χ0) is 22.0. The summed E-state index contributed by atoms with van der Waals surface area (Å²) >= 11 is 0.922. The van der Waals surface area contributed by atoms with E-state index in [4.69, 9.17) is 15.5 Å². The molecule has 0 amide bonds. The second kappa shape index (κ2) is 8.94. The summed E-state index contributed by atoms with van der Waals surface area (Å²) in [5, 5.41) is 9.46. The molecule has 0 radical (unpaired) electrons. The Morgan fingerprint density at radius 2 is 1.97 bits per heavy atom. The number of aryl methyl sites for hydroxylation is 1. The van der Waals surface area contributed by atoms with Crippen LogP contribution < -0.4 is 10.3 Å². The fourth-order valence-corrected chi connectivity index (χ4v) is 5.01. The van der Waals surface area contributed by atoms with Gasteiger partial charge in [-0.05, 0) is 6.92 Å². The molecule has 2 heterocycles. The molecule has 0 aliphatic rings. The lowest BCUT2D eigenvalue weighted by atomic mass is 10.2. The molecule has 0 spiro atoms. The van der Waals surface area contributed by atoms with Crippen LogP contribution in [0.3, 0.4) is 0 Å². The Morgan fingerprint density at radius 1 is 1.31 bits per heavy atom. The molecule has 0 saturated heterocycles. The smallest absolute Gasteiger partial charge is 0.473 e. The van der Waals surface area contributed by atoms with E-state index < -0.39 is 28.2 Å². The van der Waals surface area contributed by atoms with Crippen molar-refractivity contribution in [3.8, 4) is 0 Å². The van der Waals surface area contributed by atoms with Crippen LogP contribution in [-0.4, -0.2) is 42.3 Å². The fraction of sp³-hybridized carbons (Fsp3) is 0.385. The lowest BCUT2D eigenvalue weighted by Gasteiger charge is -2.11. The van der Waals surface area contributed by atoms with Gasteiger partial charge in [0.15, 0.2) is 12.2 Å². The van der Waals surface area contributed by atoms with Crippen molar-refractivity contribution in [2.45, 2.75) is 26.8 Å². The molecule has 0 fully saturated rings. The average Bonchev–Trinajstić information content (AvgIpc) is 2.84. The molecular formula is C13H19N4O9P2S+. The van der Waals surface area contributed by atoms with Gasteiger partial charge in [-0.1, -0.05) is 11.3 Å². The third kappa shape index (κ3) is 6.63. The van der Waals surface area contributed by atoms with E-state index in [0.717, 1.165) is 11.3 Å². The van der Waals surface area contributed by atoms with E-state index in [1.807, 2.05) is 0 Å². The van der Waals surface area contributed by atoms with Crippen molar-refractivity contribution in [1.82, 2.24) is 9.97 Å². The molecule has 1 unspecified atom stereocenters. The molecule has 160 valence electrons. The lowest BCUT2D eigenvalue weighted by molar-refractivity contribution is -0.691. The van der Waals surface area contributed by atoms with Crippen molar-refractivity contribution in [1.29, 1.82) is 0 Å². The summed E-state index contributed by atoms with van der Waals surface area (Å²) in [6.45, 7) is 2.97. The minimum absolute atomic E-state index is 0.00126. The second-order valence-corrected chi connectivity index (χ2v) is 9.67. The number of carboxylic acids is 1. The molecular weight excluding hydrogens is 450 g/mol. The predicted molar refractivity (Wildman–Crippen MR) is 99.1 cm³/mol. The van der Waals surface area contributed by atoms with Gasteiger partial charge in [0, 0.05) is 19.5 Å². The molecule has 0 aliphatic carbocycles. The number of aromatic nitrogens is 3. The maximum absolute atomic E-state index is 11.6. The number of nitrogens with zero attached hydrogens (tertiary/aromatic N) is 3. The first-order valence-electron chi connectivity index (χ1n) is 7.86. The van der Waals surface area contributed by atoms with E-state index in [9.17, 15) is 23.9 Å². The number of carboxylic acid groups (broad SMARTS) is 1. The fourth-order valence-electron chi connectivity index (χ4n) is 2.35. The van der Waals surface area contributed by atoms with E-state index in [2.05, 4.69) is 18.8 Å². The summed E-state index contributed by atoms with van der Waals surface area (Å²) in [6.07, 6.45) is 1.50. The van der Waals surface area contributed by atoms with Gasteiger partial charge in [-0.25, -0.2) is 23.9 Å². The van der Waals surface area contributed by atoms with Crippen molar-refractivity contribution in [2.24, 2.45) is 0 Å². The molecule has 0 saturated carbocycles. The maximum atomic E-state index is 11.6. The van der Waals surface area contributed by atoms with Gasteiger partial charge in [0.25, 0.3) is 0 Å². The highest BCUT2D eigenvalue weighted by molar-refractivity contribution is 7.60. The molecule has 2 aromatic heterocycles. The van der Waals surface area contributed by atoms with Gasteiger partial charge < -0.3 is 25.5 Å². The highest BCUT2D eigenvalue weighted by atomic mass is 32.1. The molecule has 1 atom stereocenters. The van der Waals surface area contributed by atoms with Crippen LogP contribution in [0.1, 0.15) is 31.8 Å². The summed E-state index contributed by atoms with van der Waals surface area (Å²) in [6, 6.07) is 0. The molecule has 2 aromatic rings. The van der Waals surface area contributed by atoms with Crippen molar-refractivity contribution in [2.75, 3.05) is 12.3 Å². The van der Waals surface area contributed by atoms with Crippen LogP contribution >= 0.6 is 27.0 Å². The molecule has 2 rings (SSSR count). The van der Waals surface area contributed by atoms with Crippen LogP contribution in [0.5, 0.6) is 0 Å². The first kappa shape index (κ1) is 23.5. The first-order valence-corrected chi connectivity index (χ1v) is 11.7. The highest BCUT2D eigenvalue weighted by Gasteiger charge is 2.33. The lowest BCUT2D eigenvalue weighted by Crippen LogP contribution is -2.41. The summed E-state index contributed by atoms with van der Waals surface area (Å²) in [4.78, 5) is 46.7. The zero-order valence-corrected chi connectivity index (χ0v) is 17.9. The predicted octanol–water partition coefficient (Wildman–Crippen LogP) is 0.540. The van der Waals surface area contributed by atoms with Gasteiger partial charge in [0.1, 0.15) is 11.6 Å². The van der Waals surface area contributed by atoms with Gasteiger partial charge >= 0.3 is 26.6 Å². The Kier molecular flexibility index (Phi) is 7.25.